The van der Waals surface area contributed by atoms with E-state index in [1.807, 2.05) is 24.3 Å². The molecule has 0 saturated carbocycles. The molecule has 2 N–H and O–H groups in total. The fourth-order valence-corrected chi connectivity index (χ4v) is 3.04. The molecule has 0 radical (unpaired) electrons. The summed E-state index contributed by atoms with van der Waals surface area (Å²) in [5, 5.41) is 22.2. The number of hydrazone groups is 1. The Balaban J connectivity index is 1.58. The number of hydrogen-bond donors (Lipinski definition) is 2. The fraction of sp³-hybridized carbons (Fsp3) is 0.125. The van der Waals surface area contributed by atoms with Gasteiger partial charge in [0.1, 0.15) is 11.3 Å². The third kappa shape index (κ3) is 4.15. The number of phenolic OH excluding ortho intramolecular Hbond substituents is 1. The van der Waals surface area contributed by atoms with Gasteiger partial charge in [0.05, 0.1) is 22.7 Å². The third-order valence-corrected chi connectivity index (χ3v) is 4.24. The second kappa shape index (κ2) is 7.62. The number of benzene rings is 2. The summed E-state index contributed by atoms with van der Waals surface area (Å²) in [5.41, 5.74) is 4.45. The average Bonchev–Trinajstić information content (AvgIpc) is 3.00. The van der Waals surface area contributed by atoms with E-state index in [-0.39, 0.29) is 18.1 Å². The van der Waals surface area contributed by atoms with Crippen LogP contribution in [0.5, 0.6) is 5.75 Å². The number of carbonyl (C=O) groups is 1. The van der Waals surface area contributed by atoms with Crippen molar-refractivity contribution in [1.29, 1.82) is 0 Å². The second-order valence-corrected chi connectivity index (χ2v) is 6.46. The Morgan fingerprint density at radius 1 is 1.40 bits per heavy atom. The second-order valence-electron chi connectivity index (χ2n) is 5.17. The molecule has 3 rings (SSSR count). The van der Waals surface area contributed by atoms with Crippen LogP contribution in [0, 0.1) is 0 Å². The highest BCUT2D eigenvalue weighted by Gasteiger charge is 2.07. The van der Waals surface area contributed by atoms with E-state index in [0.29, 0.717) is 21.6 Å². The zero-order valence-corrected chi connectivity index (χ0v) is 15.2. The van der Waals surface area contributed by atoms with Crippen molar-refractivity contribution >= 4 is 50.7 Å². The van der Waals surface area contributed by atoms with Crippen molar-refractivity contribution in [2.45, 2.75) is 13.0 Å². The highest BCUT2D eigenvalue weighted by Crippen LogP contribution is 2.30. The van der Waals surface area contributed by atoms with E-state index in [4.69, 9.17) is 11.6 Å². The van der Waals surface area contributed by atoms with Crippen LogP contribution < -0.4 is 5.43 Å². The van der Waals surface area contributed by atoms with E-state index in [1.165, 1.54) is 6.21 Å². The molecule has 0 aliphatic carbocycles. The summed E-state index contributed by atoms with van der Waals surface area (Å²) in [6, 6.07) is 10.6. The van der Waals surface area contributed by atoms with Crippen molar-refractivity contribution in [2.24, 2.45) is 5.10 Å². The number of halogens is 2. The van der Waals surface area contributed by atoms with Crippen molar-refractivity contribution in [3.05, 3.63) is 51.5 Å². The molecule has 0 fully saturated rings. The number of phenols is 1. The quantitative estimate of drug-likeness (QED) is 0.488. The molecule has 0 aliphatic rings. The van der Waals surface area contributed by atoms with Crippen LogP contribution in [0.1, 0.15) is 12.0 Å². The Hall–Kier alpha value is -2.45. The van der Waals surface area contributed by atoms with Crippen molar-refractivity contribution in [1.82, 2.24) is 20.4 Å². The van der Waals surface area contributed by atoms with Gasteiger partial charge in [0.2, 0.25) is 5.91 Å². The number of amides is 1. The fourth-order valence-electron chi connectivity index (χ4n) is 2.20. The van der Waals surface area contributed by atoms with Crippen LogP contribution in [0.3, 0.4) is 0 Å². The number of aromatic nitrogens is 3. The van der Waals surface area contributed by atoms with Crippen LogP contribution in [-0.4, -0.2) is 32.2 Å². The number of nitrogens with one attached hydrogen (secondary N) is 1. The summed E-state index contributed by atoms with van der Waals surface area (Å²) in [5.74, 6) is -0.284. The van der Waals surface area contributed by atoms with Gasteiger partial charge in [-0.2, -0.15) is 5.10 Å². The van der Waals surface area contributed by atoms with E-state index in [0.717, 1.165) is 11.0 Å². The molecule has 0 atom stereocenters. The third-order valence-electron chi connectivity index (χ3n) is 3.42. The predicted octanol–water partition coefficient (Wildman–Crippen LogP) is 3.09. The molecule has 128 valence electrons. The number of hydrogen-bond acceptors (Lipinski definition) is 5. The molecule has 9 heteroatoms. The first-order chi connectivity index (χ1) is 12.0. The number of para-hydroxylation sites is 1. The normalized spacial score (nSPS) is 11.3. The van der Waals surface area contributed by atoms with Crippen LogP contribution in [0.25, 0.3) is 11.0 Å². The van der Waals surface area contributed by atoms with Crippen LogP contribution in [0.15, 0.2) is 46.0 Å². The van der Waals surface area contributed by atoms with Crippen LogP contribution in [0.2, 0.25) is 5.02 Å². The Kier molecular flexibility index (Phi) is 5.30. The smallest absolute Gasteiger partial charge is 0.241 e. The zero-order valence-electron chi connectivity index (χ0n) is 12.9. The topological polar surface area (TPSA) is 92.4 Å². The monoisotopic (exact) mass is 421 g/mol. The van der Waals surface area contributed by atoms with Gasteiger partial charge in [0, 0.05) is 17.0 Å². The molecule has 25 heavy (non-hydrogen) atoms. The summed E-state index contributed by atoms with van der Waals surface area (Å²) in [7, 11) is 0. The van der Waals surface area contributed by atoms with Gasteiger partial charge in [-0.1, -0.05) is 28.9 Å². The lowest BCUT2D eigenvalue weighted by Crippen LogP contribution is -2.19. The Labute approximate surface area is 156 Å². The Morgan fingerprint density at radius 3 is 3.04 bits per heavy atom. The lowest BCUT2D eigenvalue weighted by molar-refractivity contribution is -0.121. The minimum absolute atomic E-state index is 0.00326. The molecule has 1 heterocycles. The van der Waals surface area contributed by atoms with Gasteiger partial charge >= 0.3 is 0 Å². The SMILES string of the molecule is O=C(CCn1nnc2ccccc21)N/N=C/c1cc(Cl)cc(Br)c1O. The first-order valence-electron chi connectivity index (χ1n) is 7.33. The van der Waals surface area contributed by atoms with Gasteiger partial charge in [-0.25, -0.2) is 10.1 Å². The van der Waals surface area contributed by atoms with E-state index < -0.39 is 0 Å². The molecule has 1 amide bonds. The van der Waals surface area contributed by atoms with Crippen LogP contribution >= 0.6 is 27.5 Å². The molecule has 1 aromatic heterocycles. The number of fused-ring (bicyclic) bond motifs is 1. The van der Waals surface area contributed by atoms with Crippen molar-refractivity contribution in [3.63, 3.8) is 0 Å². The first kappa shape index (κ1) is 17.4. The number of rotatable bonds is 5. The number of carbonyl (C=O) groups excluding carboxylic acids is 1. The van der Waals surface area contributed by atoms with Gasteiger partial charge in [0.25, 0.3) is 0 Å². The molecule has 0 bridgehead atoms. The van der Waals surface area contributed by atoms with E-state index >= 15 is 0 Å². The van der Waals surface area contributed by atoms with Crippen molar-refractivity contribution in [3.8, 4) is 5.75 Å². The minimum Gasteiger partial charge on any atom is -0.506 e. The maximum Gasteiger partial charge on any atom is 0.241 e. The number of aromatic hydroxyl groups is 1. The molecule has 7 nitrogen and oxygen atoms in total. The van der Waals surface area contributed by atoms with E-state index in [9.17, 15) is 9.90 Å². The van der Waals surface area contributed by atoms with E-state index in [1.54, 1.807) is 16.8 Å². The standard InChI is InChI=1S/C16H13BrClN5O2/c17-12-8-11(18)7-10(16(12)25)9-19-21-15(24)5-6-23-14-4-2-1-3-13(14)20-22-23/h1-4,7-9,25H,5-6H2,(H,21,24)/b19-9+. The number of aryl methyl sites for hydroxylation is 1. The predicted molar refractivity (Wildman–Crippen MR) is 98.7 cm³/mol. The summed E-state index contributed by atoms with van der Waals surface area (Å²) in [6.07, 6.45) is 1.52. The highest BCUT2D eigenvalue weighted by molar-refractivity contribution is 9.10. The largest absolute Gasteiger partial charge is 0.506 e. The summed E-state index contributed by atoms with van der Waals surface area (Å²) < 4.78 is 2.12. The maximum atomic E-state index is 11.9. The summed E-state index contributed by atoms with van der Waals surface area (Å²) in [6.45, 7) is 0.385. The summed E-state index contributed by atoms with van der Waals surface area (Å²) in [4.78, 5) is 11.9. The van der Waals surface area contributed by atoms with Gasteiger partial charge in [-0.15, -0.1) is 5.10 Å². The zero-order chi connectivity index (χ0) is 17.8. The van der Waals surface area contributed by atoms with Gasteiger partial charge < -0.3 is 5.11 Å². The van der Waals surface area contributed by atoms with Gasteiger partial charge in [-0.05, 0) is 40.2 Å². The minimum atomic E-state index is -0.281. The number of nitrogens with zero attached hydrogens (tertiary/aromatic N) is 4. The molecule has 3 aromatic rings. The Bertz CT molecular complexity index is 957. The van der Waals surface area contributed by atoms with Crippen LogP contribution in [-0.2, 0) is 11.3 Å². The van der Waals surface area contributed by atoms with Crippen molar-refractivity contribution < 1.29 is 9.90 Å². The molecular formula is C16H13BrClN5O2. The van der Waals surface area contributed by atoms with Gasteiger partial charge in [-0.3, -0.25) is 4.79 Å². The Morgan fingerprint density at radius 2 is 2.20 bits per heavy atom. The lowest BCUT2D eigenvalue weighted by atomic mass is 10.2. The summed E-state index contributed by atoms with van der Waals surface area (Å²) >= 11 is 9.10. The molecule has 0 aliphatic heterocycles. The molecule has 0 spiro atoms. The highest BCUT2D eigenvalue weighted by atomic mass is 79.9. The van der Waals surface area contributed by atoms with Crippen molar-refractivity contribution in [2.75, 3.05) is 0 Å². The molecule has 2 aromatic carbocycles. The maximum absolute atomic E-state index is 11.9. The molecule has 0 unspecified atom stereocenters. The average molecular weight is 423 g/mol. The lowest BCUT2D eigenvalue weighted by Gasteiger charge is -2.03. The van der Waals surface area contributed by atoms with Crippen LogP contribution in [0.4, 0.5) is 0 Å². The van der Waals surface area contributed by atoms with E-state index in [2.05, 4.69) is 36.8 Å². The van der Waals surface area contributed by atoms with Gasteiger partial charge in [0.15, 0.2) is 0 Å². The first-order valence-corrected chi connectivity index (χ1v) is 8.50. The molecule has 0 saturated heterocycles. The molecular weight excluding hydrogens is 410 g/mol.